The van der Waals surface area contributed by atoms with Crippen molar-refractivity contribution in [2.45, 2.75) is 97.9 Å². The minimum Gasteiger partial charge on any atom is -0.465 e. The smallest absolute Gasteiger partial charge is 0.337 e. The first-order valence-corrected chi connectivity index (χ1v) is 15.7. The molecular weight excluding hydrogens is 478 g/mol. The molecule has 212 valence electrons. The van der Waals surface area contributed by atoms with E-state index in [1.54, 1.807) is 0 Å². The van der Waals surface area contributed by atoms with Crippen molar-refractivity contribution >= 4 is 11.5 Å². The van der Waals surface area contributed by atoms with Crippen LogP contribution in [0.1, 0.15) is 108 Å². The monoisotopic (exact) mass is 529 g/mol. The molecule has 0 aromatic heterocycles. The van der Waals surface area contributed by atoms with Gasteiger partial charge in [0.2, 0.25) is 0 Å². The second-order valence-corrected chi connectivity index (χ2v) is 15.4. The van der Waals surface area contributed by atoms with Gasteiger partial charge in [0.25, 0.3) is 0 Å². The van der Waals surface area contributed by atoms with E-state index in [0.29, 0.717) is 34.1 Å². The predicted octanol–water partition coefficient (Wildman–Crippen LogP) is 8.45. The first-order valence-electron chi connectivity index (χ1n) is 15.7. The molecule has 3 heteroatoms. The number of benzene rings is 1. The third kappa shape index (κ3) is 3.81. The van der Waals surface area contributed by atoms with E-state index in [2.05, 4.69) is 59.4 Å². The molecule has 0 heterocycles. The Morgan fingerprint density at radius 2 is 1.62 bits per heavy atom. The summed E-state index contributed by atoms with van der Waals surface area (Å²) in [6, 6.07) is 8.10. The number of rotatable bonds is 3. The Labute approximate surface area is 237 Å². The summed E-state index contributed by atoms with van der Waals surface area (Å²) in [4.78, 5) is 12.0. The van der Waals surface area contributed by atoms with E-state index in [9.17, 15) is 4.79 Å². The molecule has 2 N–H and O–H groups in total. The number of allylic oxidation sites excluding steroid dienone is 3. The van der Waals surface area contributed by atoms with E-state index in [0.717, 1.165) is 24.2 Å². The van der Waals surface area contributed by atoms with Crippen LogP contribution < -0.4 is 5.73 Å². The van der Waals surface area contributed by atoms with Gasteiger partial charge < -0.3 is 10.5 Å². The molecule has 6 rings (SSSR count). The van der Waals surface area contributed by atoms with Crippen LogP contribution in [0.25, 0.3) is 5.57 Å². The number of hydrogen-bond donors (Lipinski definition) is 1. The fraction of sp³-hybridized carbons (Fsp3) is 0.694. The molecule has 1 aromatic carbocycles. The summed E-state index contributed by atoms with van der Waals surface area (Å²) in [7, 11) is 1.44. The van der Waals surface area contributed by atoms with Gasteiger partial charge in [-0.1, -0.05) is 58.1 Å². The van der Waals surface area contributed by atoms with Crippen molar-refractivity contribution in [2.75, 3.05) is 7.11 Å². The lowest BCUT2D eigenvalue weighted by Gasteiger charge is -2.68. The van der Waals surface area contributed by atoms with Gasteiger partial charge in [-0.2, -0.15) is 0 Å². The van der Waals surface area contributed by atoms with Crippen molar-refractivity contribution in [3.8, 4) is 0 Å². The Bertz CT molecular complexity index is 1190. The van der Waals surface area contributed by atoms with E-state index >= 15 is 0 Å². The second-order valence-electron chi connectivity index (χ2n) is 15.4. The first kappa shape index (κ1) is 27.3. The van der Waals surface area contributed by atoms with Crippen molar-refractivity contribution in [1.29, 1.82) is 0 Å². The number of hydrogen-bond acceptors (Lipinski definition) is 3. The van der Waals surface area contributed by atoms with Gasteiger partial charge in [0.1, 0.15) is 0 Å². The van der Waals surface area contributed by atoms with Crippen molar-refractivity contribution in [3.63, 3.8) is 0 Å². The van der Waals surface area contributed by atoms with Crippen LogP contribution in [-0.4, -0.2) is 18.6 Å². The fourth-order valence-corrected chi connectivity index (χ4v) is 11.9. The number of nitrogens with two attached hydrogens (primary N) is 1. The van der Waals surface area contributed by atoms with Gasteiger partial charge in [0.05, 0.1) is 12.7 Å². The molecule has 9 atom stereocenters. The lowest BCUT2D eigenvalue weighted by molar-refractivity contribution is -0.173. The average molecular weight is 530 g/mol. The van der Waals surface area contributed by atoms with Gasteiger partial charge in [-0.05, 0) is 140 Å². The number of methoxy groups -OCH3 is 1. The van der Waals surface area contributed by atoms with E-state index in [4.69, 9.17) is 10.5 Å². The molecule has 0 saturated heterocycles. The maximum atomic E-state index is 12.0. The SMILES string of the molecule is C=C(C)[C@@H]1CCC2(N)CCC3C(CC[C@H]4C3(C)CC[C@H]3C(C)(C)C(c5ccc(C(=O)OC)cc5)=CCC34C)C12. The molecule has 5 aliphatic carbocycles. The molecule has 6 unspecified atom stereocenters. The highest BCUT2D eigenvalue weighted by atomic mass is 16.5. The van der Waals surface area contributed by atoms with Crippen molar-refractivity contribution in [3.05, 3.63) is 53.6 Å². The molecule has 39 heavy (non-hydrogen) atoms. The number of esters is 1. The third-order valence-electron chi connectivity index (χ3n) is 13.5. The van der Waals surface area contributed by atoms with Crippen LogP contribution in [-0.2, 0) is 4.74 Å². The fourth-order valence-electron chi connectivity index (χ4n) is 11.9. The maximum absolute atomic E-state index is 12.0. The molecule has 4 fully saturated rings. The number of carbonyl (C=O) groups is 1. The molecule has 0 radical (unpaired) electrons. The topological polar surface area (TPSA) is 52.3 Å². The van der Waals surface area contributed by atoms with E-state index in [-0.39, 0.29) is 16.9 Å². The van der Waals surface area contributed by atoms with Crippen LogP contribution in [0.3, 0.4) is 0 Å². The van der Waals surface area contributed by atoms with Crippen molar-refractivity contribution < 1.29 is 9.53 Å². The van der Waals surface area contributed by atoms with E-state index in [1.807, 2.05) is 12.1 Å². The van der Waals surface area contributed by atoms with E-state index < -0.39 is 0 Å². The van der Waals surface area contributed by atoms with Crippen LogP contribution in [0.15, 0.2) is 42.5 Å². The summed E-state index contributed by atoms with van der Waals surface area (Å²) in [5.74, 6) is 3.99. The van der Waals surface area contributed by atoms with Crippen molar-refractivity contribution in [1.82, 2.24) is 0 Å². The molecule has 0 aliphatic heterocycles. The minimum absolute atomic E-state index is 0.0446. The Balaban J connectivity index is 1.31. The van der Waals surface area contributed by atoms with Gasteiger partial charge in [0, 0.05) is 5.54 Å². The zero-order chi connectivity index (χ0) is 28.0. The molecule has 1 aromatic rings. The lowest BCUT2D eigenvalue weighted by atomic mass is 9.36. The molecule has 0 amide bonds. The van der Waals surface area contributed by atoms with Crippen LogP contribution in [0.2, 0.25) is 0 Å². The summed E-state index contributed by atoms with van der Waals surface area (Å²) in [6.07, 6.45) is 14.1. The molecular formula is C36H51NO2. The summed E-state index contributed by atoms with van der Waals surface area (Å²) >= 11 is 0. The van der Waals surface area contributed by atoms with Gasteiger partial charge in [-0.3, -0.25) is 0 Å². The third-order valence-corrected chi connectivity index (χ3v) is 13.5. The quantitative estimate of drug-likeness (QED) is 0.316. The number of carbonyl (C=O) groups excluding carboxylic acids is 1. The molecule has 4 saturated carbocycles. The molecule has 3 nitrogen and oxygen atoms in total. The highest BCUT2D eigenvalue weighted by molar-refractivity contribution is 5.89. The number of fused-ring (bicyclic) bond motifs is 7. The standard InChI is InChI=1S/C36H51NO2/c1-22(2)25-14-20-36(37)21-16-28-26(31(25)36)12-13-30-34(28,5)19-17-29-33(3,4)27(15-18-35(29,30)6)23-8-10-24(11-9-23)32(38)39-7/h8-11,15,25-26,28-31H,1,12-14,16-21,37H2,2-7H3/t25-,26?,28?,29-,30-,31?,34?,35?,36?/m0/s1. The van der Waals surface area contributed by atoms with Gasteiger partial charge in [-0.25, -0.2) is 4.79 Å². The normalized spacial score (nSPS) is 44.2. The van der Waals surface area contributed by atoms with E-state index in [1.165, 1.54) is 75.2 Å². The highest BCUT2D eigenvalue weighted by Crippen LogP contribution is 2.72. The minimum atomic E-state index is -0.269. The second kappa shape index (κ2) is 9.07. The summed E-state index contributed by atoms with van der Waals surface area (Å²) in [5.41, 5.74) is 12.8. The Hall–Kier alpha value is -1.87. The lowest BCUT2D eigenvalue weighted by Crippen LogP contribution is -2.63. The van der Waals surface area contributed by atoms with Crippen LogP contribution in [0.5, 0.6) is 0 Å². The zero-order valence-electron chi connectivity index (χ0n) is 25.3. The van der Waals surface area contributed by atoms with Crippen LogP contribution >= 0.6 is 0 Å². The highest BCUT2D eigenvalue weighted by Gasteiger charge is 2.66. The van der Waals surface area contributed by atoms with Gasteiger partial charge in [0.15, 0.2) is 0 Å². The summed E-state index contributed by atoms with van der Waals surface area (Å²) < 4.78 is 4.93. The summed E-state index contributed by atoms with van der Waals surface area (Å²) in [6.45, 7) is 17.0. The average Bonchev–Trinajstić information content (AvgIpc) is 3.26. The largest absolute Gasteiger partial charge is 0.465 e. The Morgan fingerprint density at radius 1 is 0.923 bits per heavy atom. The zero-order valence-corrected chi connectivity index (χ0v) is 25.3. The molecule has 0 spiro atoms. The van der Waals surface area contributed by atoms with Gasteiger partial charge >= 0.3 is 5.97 Å². The van der Waals surface area contributed by atoms with Crippen LogP contribution in [0.4, 0.5) is 0 Å². The maximum Gasteiger partial charge on any atom is 0.337 e. The Morgan fingerprint density at radius 3 is 2.28 bits per heavy atom. The molecule has 0 bridgehead atoms. The Kier molecular flexibility index (Phi) is 6.35. The molecule has 5 aliphatic rings. The van der Waals surface area contributed by atoms with Gasteiger partial charge in [-0.15, -0.1) is 0 Å². The van der Waals surface area contributed by atoms with Crippen molar-refractivity contribution in [2.24, 2.45) is 57.5 Å². The van der Waals surface area contributed by atoms with Crippen LogP contribution in [0, 0.1) is 51.8 Å². The first-order chi connectivity index (χ1) is 18.4. The number of ether oxygens (including phenoxy) is 1. The summed E-state index contributed by atoms with van der Waals surface area (Å²) in [5, 5.41) is 0. The predicted molar refractivity (Wildman–Crippen MR) is 160 cm³/mol.